The number of benzene rings is 2. The van der Waals surface area contributed by atoms with E-state index in [2.05, 4.69) is 10.3 Å². The highest BCUT2D eigenvalue weighted by Gasteiger charge is 2.28. The van der Waals surface area contributed by atoms with Crippen LogP contribution < -0.4 is 5.32 Å². The number of nitrogens with one attached hydrogen (secondary N) is 1. The molecule has 0 aliphatic carbocycles. The highest BCUT2D eigenvalue weighted by molar-refractivity contribution is 6.39. The lowest BCUT2D eigenvalue weighted by atomic mass is 10.0. The third kappa shape index (κ3) is 5.05. The van der Waals surface area contributed by atoms with Crippen molar-refractivity contribution in [2.24, 2.45) is 0 Å². The van der Waals surface area contributed by atoms with E-state index < -0.39 is 23.5 Å². The van der Waals surface area contributed by atoms with Gasteiger partial charge in [-0.05, 0) is 38.5 Å². The summed E-state index contributed by atoms with van der Waals surface area (Å²) in [5.74, 6) is -0.983. The first-order valence-corrected chi connectivity index (χ1v) is 9.74. The van der Waals surface area contributed by atoms with E-state index >= 15 is 0 Å². The number of esters is 1. The van der Waals surface area contributed by atoms with Crippen molar-refractivity contribution >= 4 is 45.9 Å². The zero-order valence-electron chi connectivity index (χ0n) is 16.2. The van der Waals surface area contributed by atoms with Crippen LogP contribution in [0.3, 0.4) is 0 Å². The summed E-state index contributed by atoms with van der Waals surface area (Å²) in [7, 11) is 0. The molecule has 150 valence electrons. The standard InChI is InChI=1S/C22H20Cl2N2O3/c1-22(2,3)29-21(28)18(13-7-5-4-6-8-13)26-20(27)14-9-10-15-16(11-14)19(24)25-12-17(15)23/h4-12,18H,1-3H3,(H,26,27)/t18-/m0/s1. The predicted octanol–water partition coefficient (Wildman–Crippen LogP) is 5.35. The van der Waals surface area contributed by atoms with E-state index in [0.29, 0.717) is 26.9 Å². The third-order valence-corrected chi connectivity index (χ3v) is 4.71. The highest BCUT2D eigenvalue weighted by Crippen LogP contribution is 2.29. The first-order chi connectivity index (χ1) is 13.7. The van der Waals surface area contributed by atoms with Crippen molar-refractivity contribution in [2.45, 2.75) is 32.4 Å². The van der Waals surface area contributed by atoms with Crippen LogP contribution >= 0.6 is 23.2 Å². The molecule has 1 atom stereocenters. The van der Waals surface area contributed by atoms with Crippen LogP contribution in [0.1, 0.15) is 42.7 Å². The first-order valence-electron chi connectivity index (χ1n) is 8.98. The summed E-state index contributed by atoms with van der Waals surface area (Å²) in [4.78, 5) is 29.7. The molecular formula is C22H20Cl2N2O3. The Kier molecular flexibility index (Phi) is 6.10. The average molecular weight is 431 g/mol. The van der Waals surface area contributed by atoms with Crippen LogP contribution in [0.15, 0.2) is 54.7 Å². The first kappa shape index (κ1) is 21.1. The Morgan fingerprint density at radius 1 is 1.03 bits per heavy atom. The lowest BCUT2D eigenvalue weighted by molar-refractivity contribution is -0.157. The molecule has 7 heteroatoms. The maximum Gasteiger partial charge on any atom is 0.333 e. The predicted molar refractivity (Wildman–Crippen MR) is 114 cm³/mol. The maximum atomic E-state index is 12.9. The van der Waals surface area contributed by atoms with Gasteiger partial charge in [0.1, 0.15) is 10.8 Å². The molecule has 1 aromatic heterocycles. The Labute approximate surface area is 179 Å². The summed E-state index contributed by atoms with van der Waals surface area (Å²) in [5.41, 5.74) is 0.264. The monoisotopic (exact) mass is 430 g/mol. The van der Waals surface area contributed by atoms with Crippen molar-refractivity contribution in [1.82, 2.24) is 10.3 Å². The minimum atomic E-state index is -0.952. The molecule has 0 unspecified atom stereocenters. The van der Waals surface area contributed by atoms with Crippen LogP contribution in [0.5, 0.6) is 0 Å². The Morgan fingerprint density at radius 3 is 2.38 bits per heavy atom. The summed E-state index contributed by atoms with van der Waals surface area (Å²) in [6, 6.07) is 12.9. The molecule has 2 aromatic carbocycles. The number of ether oxygens (including phenoxy) is 1. The second-order valence-corrected chi connectivity index (χ2v) is 8.27. The number of nitrogens with zero attached hydrogens (tertiary/aromatic N) is 1. The molecule has 3 rings (SSSR count). The van der Waals surface area contributed by atoms with Gasteiger partial charge in [-0.25, -0.2) is 9.78 Å². The number of amides is 1. The summed E-state index contributed by atoms with van der Waals surface area (Å²) < 4.78 is 5.49. The molecule has 5 nitrogen and oxygen atoms in total. The fraction of sp³-hybridized carbons (Fsp3) is 0.227. The van der Waals surface area contributed by atoms with E-state index in [9.17, 15) is 9.59 Å². The van der Waals surface area contributed by atoms with Gasteiger partial charge in [0, 0.05) is 22.5 Å². The van der Waals surface area contributed by atoms with E-state index in [1.54, 1.807) is 63.2 Å². The molecule has 1 amide bonds. The number of halogens is 2. The van der Waals surface area contributed by atoms with E-state index in [-0.39, 0.29) is 5.15 Å². The van der Waals surface area contributed by atoms with Crippen molar-refractivity contribution < 1.29 is 14.3 Å². The molecule has 0 saturated heterocycles. The molecule has 3 aromatic rings. The van der Waals surface area contributed by atoms with E-state index in [1.165, 1.54) is 6.20 Å². The molecule has 0 aliphatic heterocycles. The van der Waals surface area contributed by atoms with Crippen LogP contribution in [0.25, 0.3) is 10.8 Å². The Hall–Kier alpha value is -2.63. The number of pyridine rings is 1. The lowest BCUT2D eigenvalue weighted by Crippen LogP contribution is -2.38. The average Bonchev–Trinajstić information content (AvgIpc) is 2.68. The molecule has 0 radical (unpaired) electrons. The van der Waals surface area contributed by atoms with E-state index in [1.807, 2.05) is 6.07 Å². The number of aromatic nitrogens is 1. The quantitative estimate of drug-likeness (QED) is 0.447. The fourth-order valence-corrected chi connectivity index (χ4v) is 3.23. The topological polar surface area (TPSA) is 68.3 Å². The molecule has 1 N–H and O–H groups in total. The van der Waals surface area contributed by atoms with Crippen molar-refractivity contribution in [3.63, 3.8) is 0 Å². The highest BCUT2D eigenvalue weighted by atomic mass is 35.5. The van der Waals surface area contributed by atoms with Gasteiger partial charge in [0.05, 0.1) is 5.02 Å². The largest absolute Gasteiger partial charge is 0.458 e. The van der Waals surface area contributed by atoms with Crippen molar-refractivity contribution in [2.75, 3.05) is 0 Å². The van der Waals surface area contributed by atoms with Gasteiger partial charge >= 0.3 is 5.97 Å². The summed E-state index contributed by atoms with van der Waals surface area (Å²) in [6.07, 6.45) is 1.46. The van der Waals surface area contributed by atoms with Gasteiger partial charge in [-0.15, -0.1) is 0 Å². The number of carbonyl (C=O) groups is 2. The van der Waals surface area contributed by atoms with Gasteiger partial charge in [0.15, 0.2) is 6.04 Å². The van der Waals surface area contributed by atoms with Crippen molar-refractivity contribution in [3.8, 4) is 0 Å². The second kappa shape index (κ2) is 8.39. The van der Waals surface area contributed by atoms with E-state index in [0.717, 1.165) is 0 Å². The number of carbonyl (C=O) groups excluding carboxylic acids is 2. The van der Waals surface area contributed by atoms with Gasteiger partial charge in [0.2, 0.25) is 0 Å². The second-order valence-electron chi connectivity index (χ2n) is 7.51. The number of fused-ring (bicyclic) bond motifs is 1. The number of rotatable bonds is 4. The Balaban J connectivity index is 1.93. The molecule has 0 saturated carbocycles. The van der Waals surface area contributed by atoms with Crippen molar-refractivity contribution in [3.05, 3.63) is 76.0 Å². The zero-order chi connectivity index (χ0) is 21.2. The number of hydrogen-bond acceptors (Lipinski definition) is 4. The fourth-order valence-electron chi connectivity index (χ4n) is 2.82. The molecule has 29 heavy (non-hydrogen) atoms. The van der Waals surface area contributed by atoms with Gasteiger partial charge in [0.25, 0.3) is 5.91 Å². The molecule has 0 bridgehead atoms. The Morgan fingerprint density at radius 2 is 1.72 bits per heavy atom. The number of hydrogen-bond donors (Lipinski definition) is 1. The summed E-state index contributed by atoms with van der Waals surface area (Å²) in [5, 5.41) is 4.69. The molecule has 0 spiro atoms. The summed E-state index contributed by atoms with van der Waals surface area (Å²) >= 11 is 12.3. The van der Waals surface area contributed by atoms with Gasteiger partial charge in [-0.1, -0.05) is 59.6 Å². The summed E-state index contributed by atoms with van der Waals surface area (Å²) in [6.45, 7) is 5.32. The van der Waals surface area contributed by atoms with Crippen molar-refractivity contribution in [1.29, 1.82) is 0 Å². The van der Waals surface area contributed by atoms with Crippen LogP contribution in [0.2, 0.25) is 10.2 Å². The lowest BCUT2D eigenvalue weighted by Gasteiger charge is -2.25. The van der Waals surface area contributed by atoms with Crippen LogP contribution in [-0.2, 0) is 9.53 Å². The van der Waals surface area contributed by atoms with Crippen LogP contribution in [0, 0.1) is 0 Å². The molecular weight excluding hydrogens is 411 g/mol. The Bertz CT molecular complexity index is 1060. The SMILES string of the molecule is CC(C)(C)OC(=O)[C@@H](NC(=O)c1ccc2c(Cl)cnc(Cl)c2c1)c1ccccc1. The van der Waals surface area contributed by atoms with Gasteiger partial charge in [-0.2, -0.15) is 0 Å². The molecule has 0 aliphatic rings. The van der Waals surface area contributed by atoms with Gasteiger partial charge in [-0.3, -0.25) is 4.79 Å². The van der Waals surface area contributed by atoms with Gasteiger partial charge < -0.3 is 10.1 Å². The van der Waals surface area contributed by atoms with Crippen LogP contribution in [-0.4, -0.2) is 22.5 Å². The minimum absolute atomic E-state index is 0.241. The smallest absolute Gasteiger partial charge is 0.333 e. The normalized spacial score (nSPS) is 12.4. The zero-order valence-corrected chi connectivity index (χ0v) is 17.7. The molecule has 0 fully saturated rings. The third-order valence-electron chi connectivity index (χ3n) is 4.10. The van der Waals surface area contributed by atoms with E-state index in [4.69, 9.17) is 27.9 Å². The maximum absolute atomic E-state index is 12.9. The minimum Gasteiger partial charge on any atom is -0.458 e. The van der Waals surface area contributed by atoms with Crippen LogP contribution in [0.4, 0.5) is 0 Å². The molecule has 1 heterocycles.